The molecular weight excluding hydrogens is 204 g/mol. The maximum absolute atomic E-state index is 2.58. The van der Waals surface area contributed by atoms with Crippen molar-refractivity contribution < 1.29 is 0 Å². The van der Waals surface area contributed by atoms with Gasteiger partial charge in [-0.1, -0.05) is 41.5 Å². The molecule has 4 aliphatic carbocycles. The monoisotopic (exact) mass is 234 g/mol. The molecule has 0 saturated heterocycles. The lowest BCUT2D eigenvalue weighted by Crippen LogP contribution is -2.62. The zero-order chi connectivity index (χ0) is 12.7. The minimum atomic E-state index is 0.484. The number of hydrogen-bond acceptors (Lipinski definition) is 0. The summed E-state index contributed by atoms with van der Waals surface area (Å²) in [5.74, 6) is 0. The SMILES string of the molecule is CC12CC3(C)CC(C)(C1)CC(C(C)(C)C)(C2)C3. The topological polar surface area (TPSA) is 0 Å². The van der Waals surface area contributed by atoms with Crippen LogP contribution in [0.4, 0.5) is 0 Å². The van der Waals surface area contributed by atoms with Crippen molar-refractivity contribution in [2.75, 3.05) is 0 Å². The Labute approximate surface area is 108 Å². The fourth-order valence-electron chi connectivity index (χ4n) is 7.09. The van der Waals surface area contributed by atoms with Crippen molar-refractivity contribution in [3.63, 3.8) is 0 Å². The van der Waals surface area contributed by atoms with E-state index in [1.165, 1.54) is 38.5 Å². The first kappa shape index (κ1) is 12.1. The van der Waals surface area contributed by atoms with Crippen LogP contribution >= 0.6 is 0 Å². The summed E-state index contributed by atoms with van der Waals surface area (Å²) in [4.78, 5) is 0. The quantitative estimate of drug-likeness (QED) is 0.525. The van der Waals surface area contributed by atoms with Gasteiger partial charge in [-0.05, 0) is 65.6 Å². The van der Waals surface area contributed by atoms with Gasteiger partial charge < -0.3 is 0 Å². The van der Waals surface area contributed by atoms with E-state index in [2.05, 4.69) is 41.5 Å². The number of hydrogen-bond donors (Lipinski definition) is 0. The smallest absolute Gasteiger partial charge is 0.0233 e. The Bertz CT molecular complexity index is 303. The molecule has 4 rings (SSSR count). The molecule has 0 heterocycles. The predicted molar refractivity (Wildman–Crippen MR) is 73.9 cm³/mol. The van der Waals surface area contributed by atoms with Crippen molar-refractivity contribution >= 4 is 0 Å². The standard InChI is InChI=1S/C17H30/c1-13(2,3)17-10-14(4)7-15(5,11-17)9-16(6,8-14)12-17/h7-12H2,1-6H3. The van der Waals surface area contributed by atoms with E-state index < -0.39 is 0 Å². The molecule has 0 N–H and O–H groups in total. The molecule has 0 amide bonds. The second-order valence-corrected chi connectivity index (χ2v) is 10.0. The van der Waals surface area contributed by atoms with Crippen molar-refractivity contribution in [2.24, 2.45) is 27.1 Å². The molecule has 4 aliphatic rings. The summed E-state index contributed by atoms with van der Waals surface area (Å²) >= 11 is 0. The summed E-state index contributed by atoms with van der Waals surface area (Å²) in [6, 6.07) is 0. The molecule has 0 aromatic heterocycles. The Morgan fingerprint density at radius 3 is 1.12 bits per heavy atom. The lowest BCUT2D eigenvalue weighted by molar-refractivity contribution is -0.217. The average molecular weight is 234 g/mol. The molecule has 0 aliphatic heterocycles. The minimum absolute atomic E-state index is 0.484. The van der Waals surface area contributed by atoms with Gasteiger partial charge in [0.25, 0.3) is 0 Å². The highest BCUT2D eigenvalue weighted by Gasteiger charge is 2.66. The fraction of sp³-hybridized carbons (Fsp3) is 1.00. The molecule has 0 radical (unpaired) electrons. The Balaban J connectivity index is 2.10. The fourth-order valence-corrected chi connectivity index (χ4v) is 7.09. The first-order valence-electron chi connectivity index (χ1n) is 7.49. The van der Waals surface area contributed by atoms with Crippen LogP contribution in [-0.2, 0) is 0 Å². The van der Waals surface area contributed by atoms with E-state index in [0.29, 0.717) is 27.1 Å². The Morgan fingerprint density at radius 2 is 0.882 bits per heavy atom. The third-order valence-electron chi connectivity index (χ3n) is 6.45. The molecule has 0 spiro atoms. The molecule has 0 aromatic rings. The van der Waals surface area contributed by atoms with Crippen LogP contribution in [0.15, 0.2) is 0 Å². The lowest BCUT2D eigenvalue weighted by atomic mass is 9.33. The van der Waals surface area contributed by atoms with Gasteiger partial charge in [-0.3, -0.25) is 0 Å². The predicted octanol–water partition coefficient (Wildman–Crippen LogP) is 5.42. The van der Waals surface area contributed by atoms with Gasteiger partial charge in [-0.25, -0.2) is 0 Å². The molecule has 0 heteroatoms. The largest absolute Gasteiger partial charge is 0.0596 e. The van der Waals surface area contributed by atoms with Crippen LogP contribution < -0.4 is 0 Å². The van der Waals surface area contributed by atoms with Crippen LogP contribution in [0.2, 0.25) is 0 Å². The molecule has 0 unspecified atom stereocenters. The van der Waals surface area contributed by atoms with Crippen molar-refractivity contribution in [1.82, 2.24) is 0 Å². The molecule has 0 aromatic carbocycles. The Hall–Kier alpha value is 0. The third kappa shape index (κ3) is 1.55. The highest BCUT2D eigenvalue weighted by molar-refractivity contribution is 5.16. The van der Waals surface area contributed by atoms with Crippen LogP contribution in [0.1, 0.15) is 80.1 Å². The maximum Gasteiger partial charge on any atom is -0.0233 e. The minimum Gasteiger partial charge on any atom is -0.0596 e. The van der Waals surface area contributed by atoms with Crippen molar-refractivity contribution in [3.8, 4) is 0 Å². The van der Waals surface area contributed by atoms with E-state index in [9.17, 15) is 0 Å². The van der Waals surface area contributed by atoms with Gasteiger partial charge >= 0.3 is 0 Å². The normalized spacial score (nSPS) is 57.5. The van der Waals surface area contributed by atoms with E-state index in [4.69, 9.17) is 0 Å². The maximum atomic E-state index is 2.58. The van der Waals surface area contributed by atoms with Crippen molar-refractivity contribution in [3.05, 3.63) is 0 Å². The van der Waals surface area contributed by atoms with Crippen LogP contribution in [0.5, 0.6) is 0 Å². The Morgan fingerprint density at radius 1 is 0.588 bits per heavy atom. The van der Waals surface area contributed by atoms with Gasteiger partial charge in [-0.2, -0.15) is 0 Å². The molecule has 98 valence electrons. The van der Waals surface area contributed by atoms with Crippen LogP contribution in [-0.4, -0.2) is 0 Å². The zero-order valence-electron chi connectivity index (χ0n) is 12.7. The Kier molecular flexibility index (Phi) is 1.97. The highest BCUT2D eigenvalue weighted by Crippen LogP contribution is 2.76. The van der Waals surface area contributed by atoms with Gasteiger partial charge in [0.1, 0.15) is 0 Å². The van der Waals surface area contributed by atoms with Crippen LogP contribution in [0.3, 0.4) is 0 Å². The zero-order valence-corrected chi connectivity index (χ0v) is 12.7. The molecule has 4 fully saturated rings. The molecule has 4 bridgehead atoms. The van der Waals surface area contributed by atoms with E-state index in [0.717, 1.165) is 0 Å². The summed E-state index contributed by atoms with van der Waals surface area (Å²) in [5.41, 5.74) is 3.04. The van der Waals surface area contributed by atoms with E-state index in [1.54, 1.807) is 0 Å². The van der Waals surface area contributed by atoms with Crippen molar-refractivity contribution in [1.29, 1.82) is 0 Å². The van der Waals surface area contributed by atoms with Gasteiger partial charge in [0.05, 0.1) is 0 Å². The molecule has 17 heavy (non-hydrogen) atoms. The summed E-state index contributed by atoms with van der Waals surface area (Å²) in [6.45, 7) is 15.2. The molecule has 0 nitrogen and oxygen atoms in total. The van der Waals surface area contributed by atoms with Crippen LogP contribution in [0.25, 0.3) is 0 Å². The second kappa shape index (κ2) is 2.78. The summed E-state index contributed by atoms with van der Waals surface area (Å²) in [6.07, 6.45) is 8.96. The molecule has 0 atom stereocenters. The van der Waals surface area contributed by atoms with Gasteiger partial charge in [0.2, 0.25) is 0 Å². The van der Waals surface area contributed by atoms with Gasteiger partial charge in [-0.15, -0.1) is 0 Å². The average Bonchev–Trinajstić information content (AvgIpc) is 1.89. The third-order valence-corrected chi connectivity index (χ3v) is 6.45. The molecular formula is C17H30. The number of rotatable bonds is 0. The summed E-state index contributed by atoms with van der Waals surface area (Å²) in [7, 11) is 0. The first-order valence-corrected chi connectivity index (χ1v) is 7.49. The molecule has 4 saturated carbocycles. The highest BCUT2D eigenvalue weighted by atomic mass is 14.7. The van der Waals surface area contributed by atoms with Gasteiger partial charge in [0, 0.05) is 0 Å². The second-order valence-electron chi connectivity index (χ2n) is 10.0. The van der Waals surface area contributed by atoms with Crippen molar-refractivity contribution in [2.45, 2.75) is 80.1 Å². The first-order chi connectivity index (χ1) is 7.49. The van der Waals surface area contributed by atoms with E-state index in [-0.39, 0.29) is 0 Å². The van der Waals surface area contributed by atoms with E-state index in [1.807, 2.05) is 0 Å². The van der Waals surface area contributed by atoms with Gasteiger partial charge in [0.15, 0.2) is 0 Å². The van der Waals surface area contributed by atoms with E-state index >= 15 is 0 Å². The van der Waals surface area contributed by atoms with Crippen LogP contribution in [0, 0.1) is 27.1 Å². The summed E-state index contributed by atoms with van der Waals surface area (Å²) in [5, 5.41) is 0. The lowest BCUT2D eigenvalue weighted by Gasteiger charge is -2.72. The summed E-state index contributed by atoms with van der Waals surface area (Å²) < 4.78 is 0.